The summed E-state index contributed by atoms with van der Waals surface area (Å²) in [6, 6.07) is 9.01. The molecule has 2 aromatic carbocycles. The molecule has 0 spiro atoms. The first-order chi connectivity index (χ1) is 14.8. The Bertz CT molecular complexity index is 1090. The summed E-state index contributed by atoms with van der Waals surface area (Å²) in [5.74, 6) is -2.02. The Balaban J connectivity index is 1.66. The molecule has 4 amide bonds. The Labute approximate surface area is 179 Å². The van der Waals surface area contributed by atoms with Gasteiger partial charge in [0, 0.05) is 13.1 Å². The van der Waals surface area contributed by atoms with Gasteiger partial charge in [-0.15, -0.1) is 0 Å². The van der Waals surface area contributed by atoms with E-state index in [1.54, 1.807) is 24.3 Å². The number of halogens is 1. The zero-order chi connectivity index (χ0) is 22.1. The van der Waals surface area contributed by atoms with Gasteiger partial charge in [0.1, 0.15) is 11.4 Å². The minimum absolute atomic E-state index is 0.239. The number of urea groups is 1. The molecule has 31 heavy (non-hydrogen) atoms. The van der Waals surface area contributed by atoms with Crippen molar-refractivity contribution in [3.05, 3.63) is 64.5 Å². The van der Waals surface area contributed by atoms with Gasteiger partial charge < -0.3 is 9.64 Å². The fraction of sp³-hybridized carbons (Fsp3) is 0.261. The van der Waals surface area contributed by atoms with Gasteiger partial charge in [-0.2, -0.15) is 0 Å². The zero-order valence-corrected chi connectivity index (χ0v) is 17.3. The van der Waals surface area contributed by atoms with Crippen LogP contribution in [0.4, 0.5) is 20.6 Å². The van der Waals surface area contributed by atoms with Crippen molar-refractivity contribution in [2.45, 2.75) is 13.8 Å². The highest BCUT2D eigenvalue weighted by atomic mass is 19.1. The topological polar surface area (TPSA) is 79.0 Å². The number of hydrogen-bond acceptors (Lipinski definition) is 5. The molecule has 2 aromatic rings. The van der Waals surface area contributed by atoms with Crippen LogP contribution in [0.2, 0.25) is 0 Å². The number of anilines is 2. The van der Waals surface area contributed by atoms with Crippen LogP contribution in [-0.4, -0.2) is 44.1 Å². The molecular formula is C23H22FN3O4. The van der Waals surface area contributed by atoms with Gasteiger partial charge in [-0.05, 0) is 60.9 Å². The lowest BCUT2D eigenvalue weighted by Gasteiger charge is -2.29. The van der Waals surface area contributed by atoms with Crippen LogP contribution in [0, 0.1) is 19.7 Å². The van der Waals surface area contributed by atoms with E-state index in [0.29, 0.717) is 43.2 Å². The van der Waals surface area contributed by atoms with E-state index < -0.39 is 23.7 Å². The van der Waals surface area contributed by atoms with Crippen LogP contribution in [0.15, 0.2) is 42.0 Å². The van der Waals surface area contributed by atoms with Gasteiger partial charge >= 0.3 is 6.03 Å². The Hall–Kier alpha value is -3.52. The van der Waals surface area contributed by atoms with Crippen LogP contribution in [0.25, 0.3) is 6.08 Å². The fourth-order valence-corrected chi connectivity index (χ4v) is 3.81. The largest absolute Gasteiger partial charge is 0.378 e. The highest BCUT2D eigenvalue weighted by molar-refractivity contribution is 6.39. The Morgan fingerprint density at radius 2 is 1.68 bits per heavy atom. The van der Waals surface area contributed by atoms with E-state index in [4.69, 9.17) is 4.74 Å². The summed E-state index contributed by atoms with van der Waals surface area (Å²) < 4.78 is 20.0. The lowest BCUT2D eigenvalue weighted by Crippen LogP contribution is -2.54. The monoisotopic (exact) mass is 423 g/mol. The number of hydrogen-bond donors (Lipinski definition) is 1. The van der Waals surface area contributed by atoms with Crippen molar-refractivity contribution < 1.29 is 23.5 Å². The van der Waals surface area contributed by atoms with Crippen molar-refractivity contribution in [3.63, 3.8) is 0 Å². The average molecular weight is 423 g/mol. The number of barbiturate groups is 1. The number of morpholine rings is 1. The smallest absolute Gasteiger partial charge is 0.335 e. The molecule has 0 aliphatic carbocycles. The SMILES string of the molecule is Cc1cc(C)cc(N2C(=O)NC(=O)/C(=C/c3ccc(N4CCOCC4)c(F)c3)C2=O)c1. The molecule has 1 N–H and O–H groups in total. The van der Waals surface area contributed by atoms with Gasteiger partial charge in [-0.25, -0.2) is 14.1 Å². The van der Waals surface area contributed by atoms with E-state index in [1.165, 1.54) is 12.1 Å². The van der Waals surface area contributed by atoms with Gasteiger partial charge in [-0.1, -0.05) is 12.1 Å². The second kappa shape index (κ2) is 8.31. The number of amides is 4. The molecule has 160 valence electrons. The molecule has 0 aromatic heterocycles. The Kier molecular flexibility index (Phi) is 5.56. The van der Waals surface area contributed by atoms with E-state index >= 15 is 0 Å². The van der Waals surface area contributed by atoms with Gasteiger partial charge in [0.15, 0.2) is 0 Å². The van der Waals surface area contributed by atoms with Crippen molar-refractivity contribution in [1.82, 2.24) is 5.32 Å². The number of aryl methyl sites for hydroxylation is 2. The van der Waals surface area contributed by atoms with Gasteiger partial charge in [0.25, 0.3) is 11.8 Å². The van der Waals surface area contributed by atoms with Crippen molar-refractivity contribution >= 4 is 35.3 Å². The Morgan fingerprint density at radius 1 is 1.00 bits per heavy atom. The molecule has 0 saturated carbocycles. The van der Waals surface area contributed by atoms with Gasteiger partial charge in [0.05, 0.1) is 24.6 Å². The standard InChI is InChI=1S/C23H22FN3O4/c1-14-9-15(2)11-17(10-14)27-22(29)18(21(28)25-23(27)30)12-16-3-4-20(19(24)13-16)26-5-7-31-8-6-26/h3-4,9-13H,5-8H2,1-2H3,(H,25,28,30)/b18-12-. The number of ether oxygens (including phenoxy) is 1. The lowest BCUT2D eigenvalue weighted by molar-refractivity contribution is -0.122. The fourth-order valence-electron chi connectivity index (χ4n) is 3.81. The number of nitrogens with one attached hydrogen (secondary N) is 1. The molecule has 2 fully saturated rings. The first-order valence-corrected chi connectivity index (χ1v) is 9.95. The third kappa shape index (κ3) is 4.20. The molecular weight excluding hydrogens is 401 g/mol. The molecule has 2 aliphatic heterocycles. The maximum atomic E-state index is 14.7. The number of rotatable bonds is 3. The predicted octanol–water partition coefficient (Wildman–Crippen LogP) is 2.95. The molecule has 2 saturated heterocycles. The molecule has 0 unspecified atom stereocenters. The maximum absolute atomic E-state index is 14.7. The summed E-state index contributed by atoms with van der Waals surface area (Å²) >= 11 is 0. The average Bonchev–Trinajstić information content (AvgIpc) is 2.71. The molecule has 8 heteroatoms. The first-order valence-electron chi connectivity index (χ1n) is 9.95. The summed E-state index contributed by atoms with van der Waals surface area (Å²) in [6.45, 7) is 5.94. The summed E-state index contributed by atoms with van der Waals surface area (Å²) in [4.78, 5) is 40.6. The molecule has 4 rings (SSSR count). The number of nitrogens with zero attached hydrogens (tertiary/aromatic N) is 2. The minimum atomic E-state index is -0.814. The van der Waals surface area contributed by atoms with Crippen LogP contribution in [0.1, 0.15) is 16.7 Å². The highest BCUT2D eigenvalue weighted by Crippen LogP contribution is 2.26. The Morgan fingerprint density at radius 3 is 2.32 bits per heavy atom. The van der Waals surface area contributed by atoms with Crippen LogP contribution in [0.5, 0.6) is 0 Å². The first kappa shape index (κ1) is 20.7. The quantitative estimate of drug-likeness (QED) is 0.607. The number of imide groups is 2. The second-order valence-electron chi connectivity index (χ2n) is 7.61. The number of carbonyl (C=O) groups is 3. The van der Waals surface area contributed by atoms with Crippen LogP contribution < -0.4 is 15.1 Å². The third-order valence-electron chi connectivity index (χ3n) is 5.20. The molecule has 7 nitrogen and oxygen atoms in total. The molecule has 0 radical (unpaired) electrons. The summed E-state index contributed by atoms with van der Waals surface area (Å²) in [5.41, 5.74) is 2.67. The van der Waals surface area contributed by atoms with E-state index in [2.05, 4.69) is 5.32 Å². The van der Waals surface area contributed by atoms with Crippen LogP contribution in [-0.2, 0) is 14.3 Å². The van der Waals surface area contributed by atoms with Gasteiger partial charge in [-0.3, -0.25) is 14.9 Å². The van der Waals surface area contributed by atoms with E-state index in [-0.39, 0.29) is 5.57 Å². The van der Waals surface area contributed by atoms with E-state index in [9.17, 15) is 18.8 Å². The predicted molar refractivity (Wildman–Crippen MR) is 114 cm³/mol. The van der Waals surface area contributed by atoms with Crippen molar-refractivity contribution in [3.8, 4) is 0 Å². The summed E-state index contributed by atoms with van der Waals surface area (Å²) in [7, 11) is 0. The summed E-state index contributed by atoms with van der Waals surface area (Å²) in [6.07, 6.45) is 1.30. The van der Waals surface area contributed by atoms with Crippen molar-refractivity contribution in [1.29, 1.82) is 0 Å². The van der Waals surface area contributed by atoms with E-state index in [0.717, 1.165) is 16.0 Å². The van der Waals surface area contributed by atoms with Crippen molar-refractivity contribution in [2.75, 3.05) is 36.1 Å². The third-order valence-corrected chi connectivity index (χ3v) is 5.20. The zero-order valence-electron chi connectivity index (χ0n) is 17.3. The van der Waals surface area contributed by atoms with Gasteiger partial charge in [0.2, 0.25) is 0 Å². The number of benzene rings is 2. The molecule has 2 heterocycles. The van der Waals surface area contributed by atoms with Crippen LogP contribution >= 0.6 is 0 Å². The molecule has 0 bridgehead atoms. The lowest BCUT2D eigenvalue weighted by atomic mass is 10.0. The van der Waals surface area contributed by atoms with E-state index in [1.807, 2.05) is 24.8 Å². The van der Waals surface area contributed by atoms with Crippen molar-refractivity contribution in [2.24, 2.45) is 0 Å². The minimum Gasteiger partial charge on any atom is -0.378 e. The normalized spacial score (nSPS) is 18.5. The van der Waals surface area contributed by atoms with Crippen LogP contribution in [0.3, 0.4) is 0 Å². The molecule has 2 aliphatic rings. The summed E-state index contributed by atoms with van der Waals surface area (Å²) in [5, 5.41) is 2.19. The maximum Gasteiger partial charge on any atom is 0.335 e. The second-order valence-corrected chi connectivity index (χ2v) is 7.61. The number of carbonyl (C=O) groups excluding carboxylic acids is 3. The highest BCUT2D eigenvalue weighted by Gasteiger charge is 2.37. The molecule has 0 atom stereocenters.